The fourth-order valence-electron chi connectivity index (χ4n) is 9.98. The van der Waals surface area contributed by atoms with Gasteiger partial charge >= 0.3 is 0 Å². The van der Waals surface area contributed by atoms with E-state index in [-0.39, 0.29) is 82.1 Å². The number of hydrogen-bond acceptors (Lipinski definition) is 10. The normalized spacial score (nSPS) is 13.9. The van der Waals surface area contributed by atoms with E-state index in [9.17, 15) is 36.0 Å². The van der Waals surface area contributed by atoms with Gasteiger partial charge in [-0.05, 0) is 59.7 Å². The number of anilines is 2. The number of benzene rings is 8. The lowest BCUT2D eigenvalue weighted by Gasteiger charge is -2.33. The average Bonchev–Trinajstić information content (AvgIpc) is 3.38. The maximum atomic E-state index is 14.8. The van der Waals surface area contributed by atoms with Gasteiger partial charge in [-0.1, -0.05) is 109 Å². The summed E-state index contributed by atoms with van der Waals surface area (Å²) in [5.41, 5.74) is 3.40. The topological polar surface area (TPSA) is 156 Å². The van der Waals surface area contributed by atoms with Crippen molar-refractivity contribution in [2.75, 3.05) is 64.2 Å². The minimum atomic E-state index is -4.24. The lowest BCUT2D eigenvalue weighted by molar-refractivity contribution is 0.0582. The highest BCUT2D eigenvalue weighted by Crippen LogP contribution is 2.39. The fourth-order valence-corrected chi connectivity index (χ4v) is 13.2. The molecule has 0 spiro atoms. The number of rotatable bonds is 16. The van der Waals surface area contributed by atoms with Crippen LogP contribution < -0.4 is 9.80 Å². The van der Waals surface area contributed by atoms with E-state index >= 15 is 0 Å². The summed E-state index contributed by atoms with van der Waals surface area (Å²) < 4.78 is 61.8. The SMILES string of the molecule is CN(C)c1cccc2c(S(=O)(=O)N(CCN3C(=O)c4ccc5c6c(ccc(c46)C3=O)C(=O)N(CCN(Cc3ccccc3)S(=O)(=O)c3cccc4c(N(C)C)cccc34)C5=O)Cc3ccccc3)cccc12. The molecule has 0 aliphatic carbocycles. The Morgan fingerprint density at radius 3 is 1.03 bits per heavy atom. The second-order valence-electron chi connectivity index (χ2n) is 18.3. The zero-order chi connectivity index (χ0) is 50.6. The van der Waals surface area contributed by atoms with E-state index in [2.05, 4.69) is 0 Å². The van der Waals surface area contributed by atoms with Crippen molar-refractivity contribution < 1.29 is 36.0 Å². The number of nitrogens with zero attached hydrogens (tertiary/aromatic N) is 6. The predicted molar refractivity (Wildman–Crippen MR) is 279 cm³/mol. The molecule has 0 atom stereocenters. The van der Waals surface area contributed by atoms with Gasteiger partial charge < -0.3 is 9.80 Å². The molecule has 16 heteroatoms. The van der Waals surface area contributed by atoms with Crippen LogP contribution in [0.4, 0.5) is 11.4 Å². The van der Waals surface area contributed by atoms with Crippen molar-refractivity contribution >= 4 is 87.4 Å². The second-order valence-corrected chi connectivity index (χ2v) is 22.1. The van der Waals surface area contributed by atoms with Gasteiger partial charge in [0.05, 0.1) is 9.79 Å². The molecule has 10 rings (SSSR count). The van der Waals surface area contributed by atoms with Crippen molar-refractivity contribution in [2.45, 2.75) is 22.9 Å². The van der Waals surface area contributed by atoms with Crippen LogP contribution in [0.15, 0.2) is 168 Å². The summed E-state index contributed by atoms with van der Waals surface area (Å²) in [6, 6.07) is 45.1. The summed E-state index contributed by atoms with van der Waals surface area (Å²) in [5.74, 6) is -2.82. The molecule has 14 nitrogen and oxygen atoms in total. The lowest BCUT2D eigenvalue weighted by Crippen LogP contribution is -2.47. The molecule has 0 radical (unpaired) electrons. The van der Waals surface area contributed by atoms with Crippen LogP contribution in [0.3, 0.4) is 0 Å². The molecule has 0 fully saturated rings. The minimum Gasteiger partial charge on any atom is -0.377 e. The Bertz CT molecular complexity index is 3440. The van der Waals surface area contributed by atoms with Crippen LogP contribution in [-0.2, 0) is 33.1 Å². The standard InChI is InChI=1S/C56H50N6O8S2/c1-57(2)47-23-11-21-41-39(47)19-13-25-49(41)71(67,68)59(35-37-15-7-5-8-16-37)31-33-61-53(63)43-27-29-45-52-46(30-28-44(51(43)52)54(61)64)56(66)62(55(45)65)34-32-60(36-38-17-9-6-10-18-38)72(69,70)50-26-14-20-40-42(50)22-12-24-48(40)58(3)4/h5-30H,31-36H2,1-4H3. The summed E-state index contributed by atoms with van der Waals surface area (Å²) in [5, 5.41) is 2.85. The maximum absolute atomic E-state index is 14.8. The molecule has 2 aliphatic rings. The smallest absolute Gasteiger partial charge is 0.261 e. The van der Waals surface area contributed by atoms with Crippen LogP contribution in [0.1, 0.15) is 52.6 Å². The number of carbonyl (C=O) groups excluding carboxylic acids is 4. The van der Waals surface area contributed by atoms with Crippen molar-refractivity contribution in [3.8, 4) is 0 Å². The van der Waals surface area contributed by atoms with Crippen molar-refractivity contribution in [3.63, 3.8) is 0 Å². The van der Waals surface area contributed by atoms with Gasteiger partial charge in [0.1, 0.15) is 0 Å². The van der Waals surface area contributed by atoms with Gasteiger partial charge in [0.2, 0.25) is 20.0 Å². The van der Waals surface area contributed by atoms with E-state index in [1.54, 1.807) is 48.5 Å². The van der Waals surface area contributed by atoms with Crippen molar-refractivity contribution in [1.29, 1.82) is 0 Å². The molecule has 8 aromatic carbocycles. The zero-order valence-electron chi connectivity index (χ0n) is 40.0. The molecule has 0 aromatic heterocycles. The molecule has 2 heterocycles. The summed E-state index contributed by atoms with van der Waals surface area (Å²) in [4.78, 5) is 64.0. The summed E-state index contributed by atoms with van der Waals surface area (Å²) in [6.07, 6.45) is 0. The number of amides is 4. The largest absolute Gasteiger partial charge is 0.377 e. The maximum Gasteiger partial charge on any atom is 0.261 e. The van der Waals surface area contributed by atoms with Crippen LogP contribution in [0, 0.1) is 0 Å². The molecule has 4 amide bonds. The minimum absolute atomic E-state index is 0.0422. The van der Waals surface area contributed by atoms with Gasteiger partial charge in [-0.3, -0.25) is 29.0 Å². The molecule has 0 saturated carbocycles. The molecular weight excluding hydrogens is 949 g/mol. The highest BCUT2D eigenvalue weighted by molar-refractivity contribution is 7.89. The molecule has 8 aromatic rings. The monoisotopic (exact) mass is 998 g/mol. The van der Waals surface area contributed by atoms with Crippen molar-refractivity contribution in [2.24, 2.45) is 0 Å². The number of carbonyl (C=O) groups is 4. The Hall–Kier alpha value is -7.76. The quantitative estimate of drug-likeness (QED) is 0.0865. The molecule has 0 N–H and O–H groups in total. The van der Waals surface area contributed by atoms with E-state index < -0.39 is 43.7 Å². The Labute approximate surface area is 418 Å². The lowest BCUT2D eigenvalue weighted by atomic mass is 9.86. The predicted octanol–water partition coefficient (Wildman–Crippen LogP) is 8.25. The Kier molecular flexibility index (Phi) is 12.5. The molecule has 2 aliphatic heterocycles. The molecule has 72 heavy (non-hydrogen) atoms. The van der Waals surface area contributed by atoms with Crippen molar-refractivity contribution in [3.05, 3.63) is 191 Å². The summed E-state index contributed by atoms with van der Waals surface area (Å²) in [6.45, 7) is -1.17. The average molecular weight is 999 g/mol. The van der Waals surface area contributed by atoms with Crippen molar-refractivity contribution in [1.82, 2.24) is 18.4 Å². The summed E-state index contributed by atoms with van der Waals surface area (Å²) >= 11 is 0. The highest BCUT2D eigenvalue weighted by Gasteiger charge is 2.41. The number of hydrogen-bond donors (Lipinski definition) is 0. The van der Waals surface area contributed by atoms with E-state index in [0.29, 0.717) is 21.9 Å². The van der Waals surface area contributed by atoms with E-state index in [0.717, 1.165) is 31.9 Å². The van der Waals surface area contributed by atoms with Gasteiger partial charge in [-0.25, -0.2) is 16.8 Å². The Morgan fingerprint density at radius 2 is 0.694 bits per heavy atom. The van der Waals surface area contributed by atoms with Gasteiger partial charge in [0.15, 0.2) is 0 Å². The van der Waals surface area contributed by atoms with Crippen LogP contribution in [0.25, 0.3) is 32.3 Å². The number of sulfonamides is 2. The fraction of sp³-hybridized carbons (Fsp3) is 0.179. The molecule has 364 valence electrons. The number of imide groups is 2. The molecular formula is C56H50N6O8S2. The first-order valence-electron chi connectivity index (χ1n) is 23.4. The van der Waals surface area contributed by atoms with Crippen LogP contribution in [0.5, 0.6) is 0 Å². The number of fused-ring (bicyclic) bond motifs is 2. The third-order valence-corrected chi connectivity index (χ3v) is 17.3. The first-order valence-corrected chi connectivity index (χ1v) is 26.2. The zero-order valence-corrected chi connectivity index (χ0v) is 41.7. The van der Waals surface area contributed by atoms with E-state index in [1.807, 2.05) is 123 Å². The van der Waals surface area contributed by atoms with Crippen LogP contribution in [-0.4, -0.2) is 113 Å². The third-order valence-electron chi connectivity index (χ3n) is 13.5. The van der Waals surface area contributed by atoms with Crippen LogP contribution >= 0.6 is 0 Å². The first-order chi connectivity index (χ1) is 34.6. The first kappa shape index (κ1) is 47.9. The Morgan fingerprint density at radius 1 is 0.375 bits per heavy atom. The van der Waals surface area contributed by atoms with E-state index in [4.69, 9.17) is 0 Å². The molecule has 0 bridgehead atoms. The third kappa shape index (κ3) is 8.25. The summed E-state index contributed by atoms with van der Waals surface area (Å²) in [7, 11) is -0.954. The van der Waals surface area contributed by atoms with Crippen LogP contribution in [0.2, 0.25) is 0 Å². The molecule has 0 saturated heterocycles. The second kappa shape index (κ2) is 18.8. The van der Waals surface area contributed by atoms with Gasteiger partial charge in [0.25, 0.3) is 23.6 Å². The molecule has 0 unspecified atom stereocenters. The highest BCUT2D eigenvalue weighted by atomic mass is 32.2. The Balaban J connectivity index is 0.942. The van der Waals surface area contributed by atoms with Gasteiger partial charge in [0, 0.05) is 133 Å². The van der Waals surface area contributed by atoms with Gasteiger partial charge in [-0.2, -0.15) is 8.61 Å². The van der Waals surface area contributed by atoms with Gasteiger partial charge in [-0.15, -0.1) is 0 Å². The van der Waals surface area contributed by atoms with E-state index in [1.165, 1.54) is 32.9 Å².